The summed E-state index contributed by atoms with van der Waals surface area (Å²) >= 11 is 0. The number of rotatable bonds is 8. The second-order valence-corrected chi connectivity index (χ2v) is 16.8. The van der Waals surface area contributed by atoms with Crippen LogP contribution in [0, 0.1) is 25.7 Å². The highest BCUT2D eigenvalue weighted by molar-refractivity contribution is 6.69. The molecule has 0 unspecified atom stereocenters. The molecule has 0 bridgehead atoms. The number of benzene rings is 2. The van der Waals surface area contributed by atoms with Gasteiger partial charge in [-0.15, -0.1) is 0 Å². The summed E-state index contributed by atoms with van der Waals surface area (Å²) in [5, 5.41) is 0. The molecule has 0 atom stereocenters. The molecular formula is C36H47NO2Si. The van der Waals surface area contributed by atoms with Gasteiger partial charge in [-0.05, 0) is 98.3 Å². The summed E-state index contributed by atoms with van der Waals surface area (Å²) < 4.78 is 12.3. The molecular weight excluding hydrogens is 506 g/mol. The van der Waals surface area contributed by atoms with Gasteiger partial charge in [0.1, 0.15) is 5.60 Å². The first-order valence-electron chi connectivity index (χ1n) is 15.0. The largest absolute Gasteiger partial charge is 0.401 e. The summed E-state index contributed by atoms with van der Waals surface area (Å²) in [4.78, 5) is 4.49. The van der Waals surface area contributed by atoms with Crippen molar-refractivity contribution in [2.24, 2.45) is 0 Å². The van der Waals surface area contributed by atoms with Crippen LogP contribution in [0.5, 0.6) is 0 Å². The zero-order valence-electron chi connectivity index (χ0n) is 25.9. The fraction of sp³-hybridized carbons (Fsp3) is 0.472. The Kier molecular flexibility index (Phi) is 9.40. The van der Waals surface area contributed by atoms with Crippen LogP contribution in [0.3, 0.4) is 0 Å². The van der Waals surface area contributed by atoms with Gasteiger partial charge in [0.25, 0.3) is 0 Å². The predicted octanol–water partition coefficient (Wildman–Crippen LogP) is 8.79. The van der Waals surface area contributed by atoms with E-state index in [4.69, 9.17) is 9.16 Å². The highest BCUT2D eigenvalue weighted by Crippen LogP contribution is 2.41. The minimum atomic E-state index is -1.75. The van der Waals surface area contributed by atoms with E-state index in [0.717, 1.165) is 37.7 Å². The van der Waals surface area contributed by atoms with Crippen LogP contribution in [0.15, 0.2) is 54.9 Å². The van der Waals surface area contributed by atoms with Crippen molar-refractivity contribution in [3.8, 4) is 23.0 Å². The van der Waals surface area contributed by atoms with Crippen LogP contribution in [-0.2, 0) is 21.0 Å². The van der Waals surface area contributed by atoms with E-state index in [1.807, 2.05) is 12.4 Å². The number of hydrogen-bond acceptors (Lipinski definition) is 3. The molecule has 2 aromatic carbocycles. The quantitative estimate of drug-likeness (QED) is 0.206. The Labute approximate surface area is 243 Å². The molecule has 1 saturated heterocycles. The van der Waals surface area contributed by atoms with Gasteiger partial charge in [0.2, 0.25) is 0 Å². The van der Waals surface area contributed by atoms with Crippen LogP contribution < -0.4 is 0 Å². The first kappa shape index (κ1) is 30.3. The zero-order chi connectivity index (χ0) is 29.0. The van der Waals surface area contributed by atoms with Crippen molar-refractivity contribution in [2.45, 2.75) is 97.4 Å². The molecule has 0 aliphatic carbocycles. The average molecular weight is 554 g/mol. The van der Waals surface area contributed by atoms with E-state index in [1.165, 1.54) is 38.9 Å². The second-order valence-electron chi connectivity index (χ2n) is 12.4. The Balaban J connectivity index is 1.68. The van der Waals surface area contributed by atoms with Crippen LogP contribution >= 0.6 is 0 Å². The third-order valence-corrected chi connectivity index (χ3v) is 9.51. The van der Waals surface area contributed by atoms with Crippen molar-refractivity contribution in [3.63, 3.8) is 0 Å². The molecule has 1 aromatic heterocycles. The maximum absolute atomic E-state index is 6.65. The van der Waals surface area contributed by atoms with Gasteiger partial charge in [-0.1, -0.05) is 62.9 Å². The molecule has 3 aromatic rings. The van der Waals surface area contributed by atoms with Gasteiger partial charge >= 0.3 is 0 Å². The number of ether oxygens (including phenoxy) is 1. The lowest BCUT2D eigenvalue weighted by Crippen LogP contribution is -2.45. The molecule has 1 fully saturated rings. The summed E-state index contributed by atoms with van der Waals surface area (Å²) in [6.45, 7) is 19.4. The molecule has 212 valence electrons. The summed E-state index contributed by atoms with van der Waals surface area (Å²) in [7, 11) is -1.75. The van der Waals surface area contributed by atoms with Gasteiger partial charge in [-0.2, -0.15) is 0 Å². The number of pyridine rings is 1. The Morgan fingerprint density at radius 1 is 0.900 bits per heavy atom. The van der Waals surface area contributed by atoms with Crippen LogP contribution in [0.25, 0.3) is 11.1 Å². The smallest absolute Gasteiger partial charge is 0.185 e. The first-order valence-corrected chi connectivity index (χ1v) is 18.4. The fourth-order valence-corrected chi connectivity index (χ4v) is 7.60. The number of hydrogen-bond donors (Lipinski definition) is 0. The van der Waals surface area contributed by atoms with Crippen LogP contribution in [0.4, 0.5) is 0 Å². The summed E-state index contributed by atoms with van der Waals surface area (Å²) in [6, 6.07) is 16.2. The van der Waals surface area contributed by atoms with Crippen LogP contribution in [0.2, 0.25) is 19.6 Å². The highest BCUT2D eigenvalue weighted by atomic mass is 28.4. The Morgan fingerprint density at radius 2 is 1.55 bits per heavy atom. The Hall–Kier alpha value is -2.71. The minimum Gasteiger partial charge on any atom is -0.401 e. The lowest BCUT2D eigenvalue weighted by Gasteiger charge is -2.38. The standard InChI is InChI=1S/C36H47NO2Si/c1-9-29-24-31(26-37-25-29)34-15-14-33(23-28(34)5)36(10-2,11-3)32-13-12-30(27(4)22-32)16-17-35(39-40(6,7)8)18-20-38-21-19-35/h12-15,22-26H,9-11,18-21H2,1-8H3. The lowest BCUT2D eigenvalue weighted by atomic mass is 9.69. The van der Waals surface area contributed by atoms with Crippen molar-refractivity contribution >= 4 is 8.32 Å². The molecule has 0 saturated carbocycles. The minimum absolute atomic E-state index is 0.0492. The second kappa shape index (κ2) is 12.4. The van der Waals surface area contributed by atoms with E-state index >= 15 is 0 Å². The van der Waals surface area contributed by atoms with Gasteiger partial charge < -0.3 is 9.16 Å². The molecule has 40 heavy (non-hydrogen) atoms. The van der Waals surface area contributed by atoms with E-state index in [0.29, 0.717) is 13.2 Å². The molecule has 0 amide bonds. The van der Waals surface area contributed by atoms with Crippen molar-refractivity contribution in [1.29, 1.82) is 0 Å². The number of aromatic nitrogens is 1. The third-order valence-electron chi connectivity index (χ3n) is 8.51. The van der Waals surface area contributed by atoms with Gasteiger partial charge in [0.15, 0.2) is 8.32 Å². The van der Waals surface area contributed by atoms with E-state index in [9.17, 15) is 0 Å². The summed E-state index contributed by atoms with van der Waals surface area (Å²) in [5.74, 6) is 7.11. The van der Waals surface area contributed by atoms with E-state index in [2.05, 4.69) is 114 Å². The number of nitrogens with zero attached hydrogens (tertiary/aromatic N) is 1. The van der Waals surface area contributed by atoms with Crippen molar-refractivity contribution < 1.29 is 9.16 Å². The molecule has 0 radical (unpaired) electrons. The summed E-state index contributed by atoms with van der Waals surface area (Å²) in [5.41, 5.74) is 9.63. The van der Waals surface area contributed by atoms with Crippen LogP contribution in [0.1, 0.15) is 79.8 Å². The summed E-state index contributed by atoms with van der Waals surface area (Å²) in [6.07, 6.45) is 8.68. The maximum atomic E-state index is 6.65. The molecule has 0 N–H and O–H groups in total. The first-order chi connectivity index (χ1) is 19.0. The monoisotopic (exact) mass is 553 g/mol. The molecule has 4 heteroatoms. The van der Waals surface area contributed by atoms with Crippen LogP contribution in [-0.4, -0.2) is 32.1 Å². The topological polar surface area (TPSA) is 31.4 Å². The molecule has 1 aliphatic rings. The van der Waals surface area contributed by atoms with E-state index in [1.54, 1.807) is 0 Å². The van der Waals surface area contributed by atoms with Gasteiger partial charge in [-0.3, -0.25) is 4.98 Å². The van der Waals surface area contributed by atoms with Gasteiger partial charge in [0, 0.05) is 41.8 Å². The van der Waals surface area contributed by atoms with Gasteiger partial charge in [-0.25, -0.2) is 0 Å². The van der Waals surface area contributed by atoms with Crippen molar-refractivity contribution in [1.82, 2.24) is 4.98 Å². The highest BCUT2D eigenvalue weighted by Gasteiger charge is 2.36. The number of aryl methyl sites for hydroxylation is 3. The average Bonchev–Trinajstić information content (AvgIpc) is 2.93. The third kappa shape index (κ3) is 6.60. The maximum Gasteiger partial charge on any atom is 0.185 e. The van der Waals surface area contributed by atoms with Gasteiger partial charge in [0.05, 0.1) is 13.2 Å². The Morgan fingerprint density at radius 3 is 2.12 bits per heavy atom. The molecule has 3 nitrogen and oxygen atoms in total. The van der Waals surface area contributed by atoms with E-state index < -0.39 is 13.9 Å². The lowest BCUT2D eigenvalue weighted by molar-refractivity contribution is -0.0154. The SMILES string of the molecule is CCc1cncc(-c2ccc(C(CC)(CC)c3ccc(C#CC4(O[Si](C)(C)C)CCOCC4)c(C)c3)cc2C)c1. The van der Waals surface area contributed by atoms with E-state index in [-0.39, 0.29) is 5.41 Å². The fourth-order valence-electron chi connectivity index (χ4n) is 6.17. The predicted molar refractivity (Wildman–Crippen MR) is 170 cm³/mol. The molecule has 4 rings (SSSR count). The van der Waals surface area contributed by atoms with Crippen molar-refractivity contribution in [2.75, 3.05) is 13.2 Å². The van der Waals surface area contributed by atoms with Crippen molar-refractivity contribution in [3.05, 3.63) is 88.2 Å². The Bertz CT molecular complexity index is 1380. The normalized spacial score (nSPS) is 15.4. The zero-order valence-corrected chi connectivity index (χ0v) is 26.9. The molecule has 2 heterocycles. The molecule has 1 aliphatic heterocycles. The molecule has 0 spiro atoms.